The standard InChI is InChI=1S/C16H18F2N2O3/c1-3-9(2)12-7-14(23-20-12)16(22)19-8-13(21)15-10(17)5-4-6-11(15)18/h4-7,9,13,21H,3,8H2,1-2H3,(H,19,22). The van der Waals surface area contributed by atoms with Crippen LogP contribution in [-0.4, -0.2) is 22.7 Å². The largest absolute Gasteiger partial charge is 0.386 e. The molecule has 2 rings (SSSR count). The van der Waals surface area contributed by atoms with Crippen LogP contribution >= 0.6 is 0 Å². The van der Waals surface area contributed by atoms with E-state index in [-0.39, 0.29) is 18.2 Å². The lowest BCUT2D eigenvalue weighted by molar-refractivity contribution is 0.0875. The first-order valence-corrected chi connectivity index (χ1v) is 7.30. The van der Waals surface area contributed by atoms with Crippen molar-refractivity contribution in [3.05, 3.63) is 52.9 Å². The first kappa shape index (κ1) is 17.1. The van der Waals surface area contributed by atoms with Crippen molar-refractivity contribution in [2.24, 2.45) is 0 Å². The molecule has 1 heterocycles. The van der Waals surface area contributed by atoms with Crippen LogP contribution < -0.4 is 5.32 Å². The highest BCUT2D eigenvalue weighted by Gasteiger charge is 2.20. The van der Waals surface area contributed by atoms with Crippen molar-refractivity contribution < 1.29 is 23.2 Å². The SMILES string of the molecule is CCC(C)c1cc(C(=O)NCC(O)c2c(F)cccc2F)on1. The molecule has 0 spiro atoms. The second-order valence-corrected chi connectivity index (χ2v) is 5.29. The molecule has 2 unspecified atom stereocenters. The molecule has 2 atom stereocenters. The predicted molar refractivity (Wildman–Crippen MR) is 78.9 cm³/mol. The van der Waals surface area contributed by atoms with Crippen LogP contribution in [0.1, 0.15) is 54.1 Å². The van der Waals surface area contributed by atoms with Gasteiger partial charge in [-0.15, -0.1) is 0 Å². The van der Waals surface area contributed by atoms with Crippen molar-refractivity contribution in [1.29, 1.82) is 0 Å². The zero-order chi connectivity index (χ0) is 17.0. The van der Waals surface area contributed by atoms with Gasteiger partial charge in [-0.2, -0.15) is 0 Å². The van der Waals surface area contributed by atoms with Crippen molar-refractivity contribution >= 4 is 5.91 Å². The number of aliphatic hydroxyl groups excluding tert-OH is 1. The molecule has 2 N–H and O–H groups in total. The molecule has 1 amide bonds. The van der Waals surface area contributed by atoms with E-state index < -0.39 is 29.2 Å². The van der Waals surface area contributed by atoms with Crippen LogP contribution in [0.5, 0.6) is 0 Å². The van der Waals surface area contributed by atoms with E-state index in [0.717, 1.165) is 18.6 Å². The van der Waals surface area contributed by atoms with Gasteiger partial charge in [0.15, 0.2) is 0 Å². The highest BCUT2D eigenvalue weighted by molar-refractivity contribution is 5.91. The quantitative estimate of drug-likeness (QED) is 0.857. The summed E-state index contributed by atoms with van der Waals surface area (Å²) in [6.07, 6.45) is -0.657. The van der Waals surface area contributed by atoms with Crippen LogP contribution in [0.25, 0.3) is 0 Å². The lowest BCUT2D eigenvalue weighted by Crippen LogP contribution is -2.28. The molecule has 0 aliphatic heterocycles. The van der Waals surface area contributed by atoms with Gasteiger partial charge in [-0.05, 0) is 18.6 Å². The summed E-state index contributed by atoms with van der Waals surface area (Å²) in [6.45, 7) is 3.58. The minimum absolute atomic E-state index is 0.0125. The number of carbonyl (C=O) groups is 1. The molecule has 23 heavy (non-hydrogen) atoms. The Bertz CT molecular complexity index is 667. The first-order valence-electron chi connectivity index (χ1n) is 7.30. The van der Waals surface area contributed by atoms with Gasteiger partial charge in [0.1, 0.15) is 17.7 Å². The molecule has 0 aliphatic carbocycles. The number of rotatable bonds is 6. The van der Waals surface area contributed by atoms with Gasteiger partial charge in [0.05, 0.1) is 11.3 Å². The Kier molecular flexibility index (Phi) is 5.44. The fraction of sp³-hybridized carbons (Fsp3) is 0.375. The highest BCUT2D eigenvalue weighted by Crippen LogP contribution is 2.21. The molecular weight excluding hydrogens is 306 g/mol. The number of aliphatic hydroxyl groups is 1. The summed E-state index contributed by atoms with van der Waals surface area (Å²) in [5.41, 5.74) is 0.170. The Morgan fingerprint density at radius 2 is 2.04 bits per heavy atom. The summed E-state index contributed by atoms with van der Waals surface area (Å²) >= 11 is 0. The van der Waals surface area contributed by atoms with Crippen molar-refractivity contribution in [3.63, 3.8) is 0 Å². The number of aromatic nitrogens is 1. The molecule has 5 nitrogen and oxygen atoms in total. The van der Waals surface area contributed by atoms with Gasteiger partial charge < -0.3 is 14.9 Å². The minimum atomic E-state index is -1.50. The molecule has 124 valence electrons. The molecule has 0 saturated heterocycles. The zero-order valence-corrected chi connectivity index (χ0v) is 12.8. The van der Waals surface area contributed by atoms with Gasteiger partial charge in [0, 0.05) is 18.5 Å². The van der Waals surface area contributed by atoms with E-state index in [2.05, 4.69) is 10.5 Å². The molecule has 2 aromatic rings. The Morgan fingerprint density at radius 3 is 2.65 bits per heavy atom. The fourth-order valence-corrected chi connectivity index (χ4v) is 2.04. The molecule has 0 saturated carbocycles. The van der Waals surface area contributed by atoms with E-state index in [1.165, 1.54) is 12.1 Å². The number of benzene rings is 1. The molecular formula is C16H18F2N2O3. The second-order valence-electron chi connectivity index (χ2n) is 5.29. The van der Waals surface area contributed by atoms with E-state index in [9.17, 15) is 18.7 Å². The zero-order valence-electron chi connectivity index (χ0n) is 12.8. The highest BCUT2D eigenvalue weighted by atomic mass is 19.1. The maximum Gasteiger partial charge on any atom is 0.290 e. The normalized spacial score (nSPS) is 13.6. The molecule has 7 heteroatoms. The summed E-state index contributed by atoms with van der Waals surface area (Å²) in [4.78, 5) is 11.9. The number of halogens is 2. The van der Waals surface area contributed by atoms with Crippen LogP contribution in [0.4, 0.5) is 8.78 Å². The van der Waals surface area contributed by atoms with E-state index >= 15 is 0 Å². The monoisotopic (exact) mass is 324 g/mol. The van der Waals surface area contributed by atoms with E-state index in [0.29, 0.717) is 5.69 Å². The molecule has 0 aliphatic rings. The van der Waals surface area contributed by atoms with Gasteiger partial charge in [-0.1, -0.05) is 25.1 Å². The third-order valence-corrected chi connectivity index (χ3v) is 3.66. The topological polar surface area (TPSA) is 75.4 Å². The number of nitrogens with one attached hydrogen (secondary N) is 1. The van der Waals surface area contributed by atoms with Gasteiger partial charge in [-0.25, -0.2) is 8.78 Å². The maximum absolute atomic E-state index is 13.5. The van der Waals surface area contributed by atoms with Gasteiger partial charge in [0.25, 0.3) is 5.91 Å². The summed E-state index contributed by atoms with van der Waals surface area (Å²) in [5.74, 6) is -2.21. The number of nitrogens with zero attached hydrogens (tertiary/aromatic N) is 1. The summed E-state index contributed by atoms with van der Waals surface area (Å²) in [7, 11) is 0. The van der Waals surface area contributed by atoms with Gasteiger partial charge >= 0.3 is 0 Å². The number of carbonyl (C=O) groups excluding carboxylic acids is 1. The average molecular weight is 324 g/mol. The number of amides is 1. The Hall–Kier alpha value is -2.28. The van der Waals surface area contributed by atoms with Crippen molar-refractivity contribution in [3.8, 4) is 0 Å². The second kappa shape index (κ2) is 7.32. The van der Waals surface area contributed by atoms with E-state index in [4.69, 9.17) is 4.52 Å². The summed E-state index contributed by atoms with van der Waals surface area (Å²) < 4.78 is 32.0. The van der Waals surface area contributed by atoms with Crippen LogP contribution in [0.2, 0.25) is 0 Å². The Labute approximate surface area is 132 Å². The molecule has 0 radical (unpaired) electrons. The summed E-state index contributed by atoms with van der Waals surface area (Å²) in [5, 5.41) is 16.0. The van der Waals surface area contributed by atoms with Gasteiger partial charge in [0.2, 0.25) is 5.76 Å². The molecule has 0 fully saturated rings. The Morgan fingerprint density at radius 1 is 1.39 bits per heavy atom. The van der Waals surface area contributed by atoms with Crippen molar-refractivity contribution in [1.82, 2.24) is 10.5 Å². The molecule has 0 bridgehead atoms. The number of hydrogen-bond acceptors (Lipinski definition) is 4. The smallest absolute Gasteiger partial charge is 0.290 e. The molecule has 1 aromatic heterocycles. The van der Waals surface area contributed by atoms with Crippen LogP contribution in [0.15, 0.2) is 28.8 Å². The van der Waals surface area contributed by atoms with E-state index in [1.807, 2.05) is 13.8 Å². The minimum Gasteiger partial charge on any atom is -0.386 e. The van der Waals surface area contributed by atoms with Crippen LogP contribution in [0, 0.1) is 11.6 Å². The van der Waals surface area contributed by atoms with Crippen molar-refractivity contribution in [2.75, 3.05) is 6.54 Å². The first-order chi connectivity index (χ1) is 10.9. The lowest BCUT2D eigenvalue weighted by Gasteiger charge is -2.13. The molecule has 1 aromatic carbocycles. The predicted octanol–water partition coefficient (Wildman–Crippen LogP) is 2.93. The third kappa shape index (κ3) is 3.92. The average Bonchev–Trinajstić information content (AvgIpc) is 3.01. The van der Waals surface area contributed by atoms with E-state index in [1.54, 1.807) is 0 Å². The van der Waals surface area contributed by atoms with Crippen LogP contribution in [0.3, 0.4) is 0 Å². The maximum atomic E-state index is 13.5. The third-order valence-electron chi connectivity index (χ3n) is 3.66. The fourth-order valence-electron chi connectivity index (χ4n) is 2.04. The van der Waals surface area contributed by atoms with Crippen LogP contribution in [-0.2, 0) is 0 Å². The van der Waals surface area contributed by atoms with Gasteiger partial charge in [-0.3, -0.25) is 4.79 Å². The number of hydrogen-bond donors (Lipinski definition) is 2. The lowest BCUT2D eigenvalue weighted by atomic mass is 10.1. The Balaban J connectivity index is 2.00. The summed E-state index contributed by atoms with van der Waals surface area (Å²) in [6, 6.07) is 4.79. The van der Waals surface area contributed by atoms with Crippen molar-refractivity contribution in [2.45, 2.75) is 32.3 Å².